The summed E-state index contributed by atoms with van der Waals surface area (Å²) in [5.41, 5.74) is 1.43. The van der Waals surface area contributed by atoms with Crippen LogP contribution in [0.1, 0.15) is 49.2 Å². The minimum absolute atomic E-state index is 0.423. The third-order valence-electron chi connectivity index (χ3n) is 5.27. The fourth-order valence-electron chi connectivity index (χ4n) is 5.07. The summed E-state index contributed by atoms with van der Waals surface area (Å²) in [5.74, 6) is 8.08. The second-order valence-electron chi connectivity index (χ2n) is 6.65. The van der Waals surface area contributed by atoms with Gasteiger partial charge in [-0.2, -0.15) is 0 Å². The van der Waals surface area contributed by atoms with Crippen molar-refractivity contribution in [3.05, 3.63) is 16.1 Å². The molecule has 98 valence electrons. The van der Waals surface area contributed by atoms with Crippen molar-refractivity contribution in [3.63, 3.8) is 0 Å². The van der Waals surface area contributed by atoms with E-state index in [9.17, 15) is 0 Å². The Morgan fingerprint density at radius 1 is 1.22 bits per heavy atom. The van der Waals surface area contributed by atoms with E-state index in [2.05, 4.69) is 5.38 Å². The van der Waals surface area contributed by atoms with E-state index in [0.717, 1.165) is 23.4 Å². The second kappa shape index (κ2) is 4.02. The first-order valence-corrected chi connectivity index (χ1v) is 7.92. The Balaban J connectivity index is 1.66. The van der Waals surface area contributed by atoms with E-state index in [-0.39, 0.29) is 0 Å². The van der Waals surface area contributed by atoms with Gasteiger partial charge in [-0.3, -0.25) is 4.84 Å². The highest BCUT2D eigenvalue weighted by Gasteiger charge is 2.52. The van der Waals surface area contributed by atoms with Gasteiger partial charge in [-0.25, -0.2) is 10.9 Å². The molecule has 4 fully saturated rings. The van der Waals surface area contributed by atoms with Crippen molar-refractivity contribution in [1.29, 1.82) is 0 Å². The van der Waals surface area contributed by atoms with Crippen LogP contribution in [0.5, 0.6) is 0 Å². The summed E-state index contributed by atoms with van der Waals surface area (Å²) >= 11 is 1.83. The fourth-order valence-corrected chi connectivity index (χ4v) is 6.11. The van der Waals surface area contributed by atoms with Crippen molar-refractivity contribution in [2.75, 3.05) is 0 Å². The molecule has 0 radical (unpaired) electrons. The van der Waals surface area contributed by atoms with Crippen LogP contribution in [0.25, 0.3) is 0 Å². The SMILES string of the molecule is NOCc1csc(C23CC4CC(CC(C4)C2)C3)n1. The zero-order chi connectivity index (χ0) is 12.2. The van der Waals surface area contributed by atoms with Crippen LogP contribution in [-0.2, 0) is 16.9 Å². The average Bonchev–Trinajstić information content (AvgIpc) is 2.77. The van der Waals surface area contributed by atoms with Crippen LogP contribution >= 0.6 is 11.3 Å². The molecule has 4 aliphatic rings. The molecule has 4 aliphatic carbocycles. The first-order valence-electron chi connectivity index (χ1n) is 7.04. The lowest BCUT2D eigenvalue weighted by Crippen LogP contribution is -2.48. The summed E-state index contributed by atoms with van der Waals surface area (Å²) in [6.07, 6.45) is 8.62. The standard InChI is InChI=1S/C14H20N2OS/c15-17-7-12-8-18-13(16-12)14-4-9-1-10(5-14)3-11(2-9)6-14/h8-11H,1-7,15H2. The highest BCUT2D eigenvalue weighted by molar-refractivity contribution is 7.09. The second-order valence-corrected chi connectivity index (χ2v) is 7.51. The van der Waals surface area contributed by atoms with Crippen molar-refractivity contribution in [1.82, 2.24) is 4.98 Å². The maximum atomic E-state index is 5.14. The fraction of sp³-hybridized carbons (Fsp3) is 0.786. The highest BCUT2D eigenvalue weighted by Crippen LogP contribution is 2.61. The summed E-state index contributed by atoms with van der Waals surface area (Å²) in [7, 11) is 0. The number of thiazole rings is 1. The molecule has 3 nitrogen and oxygen atoms in total. The highest BCUT2D eigenvalue weighted by atomic mass is 32.1. The normalized spacial score (nSPS) is 41.5. The zero-order valence-corrected chi connectivity index (χ0v) is 11.4. The van der Waals surface area contributed by atoms with E-state index >= 15 is 0 Å². The lowest BCUT2D eigenvalue weighted by Gasteiger charge is -2.56. The first kappa shape index (κ1) is 11.4. The molecule has 0 atom stereocenters. The Hall–Kier alpha value is -0.450. The van der Waals surface area contributed by atoms with Gasteiger partial charge in [-0.05, 0) is 56.3 Å². The maximum Gasteiger partial charge on any atom is 0.111 e. The van der Waals surface area contributed by atoms with Crippen LogP contribution in [0.15, 0.2) is 5.38 Å². The molecule has 0 unspecified atom stereocenters. The minimum Gasteiger partial charge on any atom is -0.298 e. The van der Waals surface area contributed by atoms with Gasteiger partial charge in [-0.15, -0.1) is 11.3 Å². The lowest BCUT2D eigenvalue weighted by atomic mass is 9.50. The third-order valence-corrected chi connectivity index (χ3v) is 6.41. The van der Waals surface area contributed by atoms with Gasteiger partial charge in [0.2, 0.25) is 0 Å². The van der Waals surface area contributed by atoms with Crippen LogP contribution < -0.4 is 5.90 Å². The molecule has 5 rings (SSSR count). The zero-order valence-electron chi connectivity index (χ0n) is 10.6. The predicted octanol–water partition coefficient (Wildman–Crippen LogP) is 3.00. The molecule has 1 heterocycles. The molecule has 4 heteroatoms. The van der Waals surface area contributed by atoms with Crippen LogP contribution in [0, 0.1) is 17.8 Å². The largest absolute Gasteiger partial charge is 0.298 e. The Morgan fingerprint density at radius 2 is 1.83 bits per heavy atom. The smallest absolute Gasteiger partial charge is 0.111 e. The first-order chi connectivity index (χ1) is 8.77. The lowest BCUT2D eigenvalue weighted by molar-refractivity contribution is -0.00546. The molecular formula is C14H20N2OS. The van der Waals surface area contributed by atoms with Crippen LogP contribution in [0.3, 0.4) is 0 Å². The van der Waals surface area contributed by atoms with Crippen molar-refractivity contribution < 1.29 is 4.84 Å². The molecular weight excluding hydrogens is 244 g/mol. The number of rotatable bonds is 3. The van der Waals surface area contributed by atoms with Crippen molar-refractivity contribution in [2.24, 2.45) is 23.7 Å². The van der Waals surface area contributed by atoms with Crippen LogP contribution in [0.2, 0.25) is 0 Å². The number of aromatic nitrogens is 1. The van der Waals surface area contributed by atoms with Crippen molar-refractivity contribution >= 4 is 11.3 Å². The minimum atomic E-state index is 0.423. The molecule has 1 aromatic rings. The molecule has 18 heavy (non-hydrogen) atoms. The van der Waals surface area contributed by atoms with Gasteiger partial charge >= 0.3 is 0 Å². The molecule has 0 amide bonds. The van der Waals surface area contributed by atoms with Gasteiger partial charge in [0.15, 0.2) is 0 Å². The third kappa shape index (κ3) is 1.66. The molecule has 1 aromatic heterocycles. The summed E-state index contributed by atoms with van der Waals surface area (Å²) in [4.78, 5) is 9.51. The van der Waals surface area contributed by atoms with E-state index in [0.29, 0.717) is 12.0 Å². The quantitative estimate of drug-likeness (QED) is 0.854. The maximum absolute atomic E-state index is 5.14. The molecule has 0 spiro atoms. The molecule has 0 aromatic carbocycles. The topological polar surface area (TPSA) is 48.1 Å². The molecule has 2 N–H and O–H groups in total. The molecule has 0 saturated heterocycles. The van der Waals surface area contributed by atoms with E-state index in [4.69, 9.17) is 15.7 Å². The Labute approximate surface area is 112 Å². The number of hydrogen-bond acceptors (Lipinski definition) is 4. The number of nitrogens with zero attached hydrogens (tertiary/aromatic N) is 1. The van der Waals surface area contributed by atoms with Crippen molar-refractivity contribution in [2.45, 2.75) is 50.5 Å². The van der Waals surface area contributed by atoms with Gasteiger partial charge in [0.05, 0.1) is 10.7 Å². The van der Waals surface area contributed by atoms with Gasteiger partial charge in [0, 0.05) is 10.8 Å². The summed E-state index contributed by atoms with van der Waals surface area (Å²) in [5, 5.41) is 3.49. The van der Waals surface area contributed by atoms with E-state index in [1.165, 1.54) is 43.5 Å². The summed E-state index contributed by atoms with van der Waals surface area (Å²) in [6, 6.07) is 0. The monoisotopic (exact) mass is 264 g/mol. The number of hydrogen-bond donors (Lipinski definition) is 1. The van der Waals surface area contributed by atoms with E-state index < -0.39 is 0 Å². The Kier molecular flexibility index (Phi) is 2.54. The van der Waals surface area contributed by atoms with Crippen LogP contribution in [0.4, 0.5) is 0 Å². The summed E-state index contributed by atoms with van der Waals surface area (Å²) in [6.45, 7) is 0.447. The number of nitrogens with two attached hydrogens (primary N) is 1. The van der Waals surface area contributed by atoms with Gasteiger partial charge in [0.1, 0.15) is 6.61 Å². The Morgan fingerprint density at radius 3 is 2.39 bits per heavy atom. The predicted molar refractivity (Wildman–Crippen MR) is 70.9 cm³/mol. The molecule has 0 aliphatic heterocycles. The van der Waals surface area contributed by atoms with Crippen LogP contribution in [-0.4, -0.2) is 4.98 Å². The summed E-state index contributed by atoms with van der Waals surface area (Å²) < 4.78 is 0. The molecule has 4 saturated carbocycles. The average molecular weight is 264 g/mol. The Bertz CT molecular complexity index is 421. The van der Waals surface area contributed by atoms with Gasteiger partial charge in [0.25, 0.3) is 0 Å². The molecule has 4 bridgehead atoms. The van der Waals surface area contributed by atoms with E-state index in [1.807, 2.05) is 11.3 Å². The van der Waals surface area contributed by atoms with Gasteiger partial charge < -0.3 is 0 Å². The van der Waals surface area contributed by atoms with E-state index in [1.54, 1.807) is 0 Å². The van der Waals surface area contributed by atoms with Gasteiger partial charge in [-0.1, -0.05) is 0 Å². The van der Waals surface area contributed by atoms with Crippen molar-refractivity contribution in [3.8, 4) is 0 Å².